The lowest BCUT2D eigenvalue weighted by Crippen LogP contribution is -2.39. The highest BCUT2D eigenvalue weighted by atomic mass is 35.5. The molecular weight excluding hydrogens is 294 g/mol. The summed E-state index contributed by atoms with van der Waals surface area (Å²) in [7, 11) is -3.36. The van der Waals surface area contributed by atoms with Crippen molar-refractivity contribution in [1.29, 1.82) is 0 Å². The lowest BCUT2D eigenvalue weighted by atomic mass is 9.83. The van der Waals surface area contributed by atoms with E-state index < -0.39 is 10.0 Å². The van der Waals surface area contributed by atoms with Gasteiger partial charge < -0.3 is 0 Å². The maximum atomic E-state index is 12.3. The fourth-order valence-corrected chi connectivity index (χ4v) is 4.09. The summed E-state index contributed by atoms with van der Waals surface area (Å²) >= 11 is 5.71. The predicted octanol–water partition coefficient (Wildman–Crippen LogP) is 3.57. The topological polar surface area (TPSA) is 46.2 Å². The number of rotatable bonds is 6. The van der Waals surface area contributed by atoms with Gasteiger partial charge in [-0.3, -0.25) is 0 Å². The van der Waals surface area contributed by atoms with Crippen LogP contribution in [-0.4, -0.2) is 20.1 Å². The van der Waals surface area contributed by atoms with Crippen LogP contribution in [0.25, 0.3) is 0 Å². The summed E-state index contributed by atoms with van der Waals surface area (Å²) in [6, 6.07) is 9.41. The molecule has 0 aliphatic heterocycles. The molecule has 0 aliphatic carbocycles. The summed E-state index contributed by atoms with van der Waals surface area (Å²) in [5, 5.41) is 0. The van der Waals surface area contributed by atoms with E-state index in [2.05, 4.69) is 4.72 Å². The van der Waals surface area contributed by atoms with Crippen molar-refractivity contribution in [3.8, 4) is 0 Å². The Labute approximate surface area is 127 Å². The number of alkyl halides is 1. The van der Waals surface area contributed by atoms with Crippen LogP contribution in [0.1, 0.15) is 39.3 Å². The molecule has 5 heteroatoms. The Morgan fingerprint density at radius 3 is 2.20 bits per heavy atom. The van der Waals surface area contributed by atoms with Crippen molar-refractivity contribution >= 4 is 21.6 Å². The van der Waals surface area contributed by atoms with Gasteiger partial charge in [0.2, 0.25) is 10.0 Å². The first kappa shape index (κ1) is 17.5. The van der Waals surface area contributed by atoms with Crippen molar-refractivity contribution in [2.45, 2.75) is 33.7 Å². The van der Waals surface area contributed by atoms with Gasteiger partial charge in [-0.2, -0.15) is 0 Å². The summed E-state index contributed by atoms with van der Waals surface area (Å²) in [6.45, 7) is 7.91. The Balaban J connectivity index is 2.98. The van der Waals surface area contributed by atoms with Gasteiger partial charge in [0.15, 0.2) is 0 Å². The van der Waals surface area contributed by atoms with Gasteiger partial charge in [0.1, 0.15) is 0 Å². The van der Waals surface area contributed by atoms with E-state index in [4.69, 9.17) is 11.6 Å². The fourth-order valence-electron chi connectivity index (χ4n) is 2.04. The van der Waals surface area contributed by atoms with Crippen LogP contribution in [-0.2, 0) is 10.0 Å². The summed E-state index contributed by atoms with van der Waals surface area (Å²) in [4.78, 5) is 0. The molecule has 0 aromatic heterocycles. The minimum Gasteiger partial charge on any atom is -0.212 e. The summed E-state index contributed by atoms with van der Waals surface area (Å²) in [5.41, 5.74) is 0.764. The van der Waals surface area contributed by atoms with E-state index in [-0.39, 0.29) is 23.1 Å². The van der Waals surface area contributed by atoms with E-state index in [0.717, 1.165) is 5.56 Å². The van der Waals surface area contributed by atoms with Crippen LogP contribution >= 0.6 is 11.6 Å². The van der Waals surface area contributed by atoms with Crippen LogP contribution in [0.15, 0.2) is 30.3 Å². The summed E-state index contributed by atoms with van der Waals surface area (Å²) in [5.74, 6) is 0.327. The molecule has 2 unspecified atom stereocenters. The molecule has 114 valence electrons. The molecule has 0 aliphatic rings. The van der Waals surface area contributed by atoms with Gasteiger partial charge in [0.25, 0.3) is 0 Å². The van der Waals surface area contributed by atoms with Gasteiger partial charge in [0, 0.05) is 5.88 Å². The van der Waals surface area contributed by atoms with Gasteiger partial charge in [0.05, 0.1) is 11.8 Å². The molecule has 0 fully saturated rings. The molecule has 1 aromatic carbocycles. The van der Waals surface area contributed by atoms with E-state index in [9.17, 15) is 8.42 Å². The van der Waals surface area contributed by atoms with Crippen LogP contribution < -0.4 is 4.72 Å². The predicted molar refractivity (Wildman–Crippen MR) is 85.4 cm³/mol. The quantitative estimate of drug-likeness (QED) is 0.815. The van der Waals surface area contributed by atoms with Crippen molar-refractivity contribution in [2.24, 2.45) is 11.3 Å². The Kier molecular flexibility index (Phi) is 6.05. The first-order valence-corrected chi connectivity index (χ1v) is 8.95. The second-order valence-corrected chi connectivity index (χ2v) is 8.48. The molecule has 0 heterocycles. The monoisotopic (exact) mass is 317 g/mol. The average molecular weight is 318 g/mol. The van der Waals surface area contributed by atoms with Crippen molar-refractivity contribution in [2.75, 3.05) is 11.6 Å². The Hall–Kier alpha value is -0.580. The average Bonchev–Trinajstić information content (AvgIpc) is 2.35. The minimum absolute atomic E-state index is 0.0515. The van der Waals surface area contributed by atoms with Crippen LogP contribution in [0.2, 0.25) is 0 Å². The maximum absolute atomic E-state index is 12.3. The smallest absolute Gasteiger partial charge is 0.212 e. The number of hydrogen-bond donors (Lipinski definition) is 1. The van der Waals surface area contributed by atoms with E-state index >= 15 is 0 Å². The SMILES string of the molecule is CC(CCl)CS(=O)(=O)NC(c1ccccc1)C(C)(C)C. The maximum Gasteiger partial charge on any atom is 0.212 e. The standard InChI is InChI=1S/C15H24ClNO2S/c1-12(10-16)11-20(18,19)17-14(15(2,3)4)13-8-6-5-7-9-13/h5-9,12,14,17H,10-11H2,1-4H3. The zero-order valence-electron chi connectivity index (χ0n) is 12.6. The molecule has 1 aromatic rings. The van der Waals surface area contributed by atoms with Crippen molar-refractivity contribution in [3.63, 3.8) is 0 Å². The molecule has 2 atom stereocenters. The third-order valence-corrected chi connectivity index (χ3v) is 5.19. The molecular formula is C15H24ClNO2S. The lowest BCUT2D eigenvalue weighted by molar-refractivity contribution is 0.304. The molecule has 1 rings (SSSR count). The highest BCUT2D eigenvalue weighted by Gasteiger charge is 2.30. The van der Waals surface area contributed by atoms with E-state index in [1.54, 1.807) is 0 Å². The van der Waals surface area contributed by atoms with Crippen LogP contribution in [0, 0.1) is 11.3 Å². The second-order valence-electron chi connectivity index (χ2n) is 6.37. The minimum atomic E-state index is -3.36. The zero-order chi connectivity index (χ0) is 15.4. The van der Waals surface area contributed by atoms with E-state index in [0.29, 0.717) is 5.88 Å². The molecule has 0 bridgehead atoms. The Morgan fingerprint density at radius 2 is 1.75 bits per heavy atom. The van der Waals surface area contributed by atoms with Crippen molar-refractivity contribution < 1.29 is 8.42 Å². The molecule has 0 amide bonds. The third-order valence-electron chi connectivity index (χ3n) is 3.06. The zero-order valence-corrected chi connectivity index (χ0v) is 14.1. The number of sulfonamides is 1. The van der Waals surface area contributed by atoms with Gasteiger partial charge in [-0.05, 0) is 16.9 Å². The first-order valence-electron chi connectivity index (χ1n) is 6.76. The van der Waals surface area contributed by atoms with Crippen LogP contribution in [0.4, 0.5) is 0 Å². The lowest BCUT2D eigenvalue weighted by Gasteiger charge is -2.32. The van der Waals surface area contributed by atoms with E-state index in [1.807, 2.05) is 58.0 Å². The number of halogens is 1. The molecule has 3 nitrogen and oxygen atoms in total. The van der Waals surface area contributed by atoms with Gasteiger partial charge in [-0.1, -0.05) is 58.0 Å². The summed E-state index contributed by atoms with van der Waals surface area (Å²) in [6.07, 6.45) is 0. The summed E-state index contributed by atoms with van der Waals surface area (Å²) < 4.78 is 27.3. The van der Waals surface area contributed by atoms with Gasteiger partial charge in [-0.25, -0.2) is 13.1 Å². The van der Waals surface area contributed by atoms with Crippen molar-refractivity contribution in [1.82, 2.24) is 4.72 Å². The normalized spacial score (nSPS) is 15.8. The first-order chi connectivity index (χ1) is 9.15. The number of benzene rings is 1. The largest absolute Gasteiger partial charge is 0.212 e. The fraction of sp³-hybridized carbons (Fsp3) is 0.600. The highest BCUT2D eigenvalue weighted by Crippen LogP contribution is 2.33. The second kappa shape index (κ2) is 6.92. The number of hydrogen-bond acceptors (Lipinski definition) is 2. The number of nitrogens with one attached hydrogen (secondary N) is 1. The highest BCUT2D eigenvalue weighted by molar-refractivity contribution is 7.89. The molecule has 1 N–H and O–H groups in total. The van der Waals surface area contributed by atoms with Gasteiger partial charge in [-0.15, -0.1) is 11.6 Å². The Bertz CT molecular complexity index is 508. The molecule has 0 radical (unpaired) electrons. The van der Waals surface area contributed by atoms with Crippen molar-refractivity contribution in [3.05, 3.63) is 35.9 Å². The molecule has 20 heavy (non-hydrogen) atoms. The molecule has 0 spiro atoms. The third kappa shape index (κ3) is 5.43. The van der Waals surface area contributed by atoms with Gasteiger partial charge >= 0.3 is 0 Å². The Morgan fingerprint density at radius 1 is 1.20 bits per heavy atom. The van der Waals surface area contributed by atoms with Crippen LogP contribution in [0.3, 0.4) is 0 Å². The molecule has 0 saturated carbocycles. The molecule has 0 saturated heterocycles. The van der Waals surface area contributed by atoms with Crippen LogP contribution in [0.5, 0.6) is 0 Å². The van der Waals surface area contributed by atoms with E-state index in [1.165, 1.54) is 0 Å².